The minimum Gasteiger partial charge on any atom is -0.496 e. The topological polar surface area (TPSA) is 63.2 Å². The van der Waals surface area contributed by atoms with Crippen LogP contribution in [0.2, 0.25) is 0 Å². The van der Waals surface area contributed by atoms with Gasteiger partial charge in [-0.1, -0.05) is 30.3 Å². The Bertz CT molecular complexity index is 1020. The number of carbonyl (C=O) groups excluding carboxylic acids is 1. The average Bonchev–Trinajstić information content (AvgIpc) is 3.15. The number of thiocarbonyl (C=S) groups is 1. The number of halogens is 1. The number of rotatable bonds is 5. The molecule has 3 rings (SSSR count). The summed E-state index contributed by atoms with van der Waals surface area (Å²) < 4.78 is 6.09. The van der Waals surface area contributed by atoms with Crippen LogP contribution in [-0.4, -0.2) is 23.1 Å². The minimum absolute atomic E-state index is 0.194. The molecule has 0 aliphatic heterocycles. The number of nitrogens with one attached hydrogen (secondary N) is 2. The molecule has 8 heteroatoms. The van der Waals surface area contributed by atoms with Crippen molar-refractivity contribution in [2.75, 3.05) is 12.4 Å². The van der Waals surface area contributed by atoms with Crippen LogP contribution in [0.1, 0.15) is 5.56 Å². The molecule has 0 spiro atoms. The van der Waals surface area contributed by atoms with E-state index in [1.165, 1.54) is 17.4 Å². The molecule has 5 nitrogen and oxygen atoms in total. The summed E-state index contributed by atoms with van der Waals surface area (Å²) in [6, 6.07) is 15.3. The van der Waals surface area contributed by atoms with Crippen molar-refractivity contribution in [1.29, 1.82) is 0 Å². The molecule has 0 radical (unpaired) electrons. The van der Waals surface area contributed by atoms with Gasteiger partial charge in [0.25, 0.3) is 0 Å². The van der Waals surface area contributed by atoms with E-state index in [1.54, 1.807) is 13.2 Å². The molecule has 0 aliphatic rings. The molecular formula is C20H16BrN3O2S2. The van der Waals surface area contributed by atoms with Crippen molar-refractivity contribution < 1.29 is 9.53 Å². The first-order valence-electron chi connectivity index (χ1n) is 8.19. The predicted molar refractivity (Wildman–Crippen MR) is 122 cm³/mol. The maximum absolute atomic E-state index is 12.0. The molecule has 0 aliphatic carbocycles. The molecule has 0 saturated heterocycles. The molecule has 0 atom stereocenters. The lowest BCUT2D eigenvalue weighted by Gasteiger charge is -2.05. The Morgan fingerprint density at radius 3 is 2.75 bits per heavy atom. The normalized spacial score (nSPS) is 10.6. The molecule has 0 unspecified atom stereocenters. The first-order chi connectivity index (χ1) is 13.5. The average molecular weight is 474 g/mol. The largest absolute Gasteiger partial charge is 0.496 e. The van der Waals surface area contributed by atoms with Crippen LogP contribution >= 0.6 is 39.5 Å². The maximum Gasteiger partial charge on any atom is 0.250 e. The quantitative estimate of drug-likeness (QED) is 0.398. The fourth-order valence-corrected chi connectivity index (χ4v) is 3.83. The first kappa shape index (κ1) is 20.2. The fraction of sp³-hybridized carbons (Fsp3) is 0.0500. The van der Waals surface area contributed by atoms with E-state index in [4.69, 9.17) is 17.0 Å². The van der Waals surface area contributed by atoms with Crippen LogP contribution in [0.15, 0.2) is 64.5 Å². The van der Waals surface area contributed by atoms with Gasteiger partial charge in [0.15, 0.2) is 10.2 Å². The summed E-state index contributed by atoms with van der Waals surface area (Å²) in [5, 5.41) is 8.25. The number of nitrogens with zero attached hydrogens (tertiary/aromatic N) is 1. The van der Waals surface area contributed by atoms with Crippen LogP contribution in [-0.2, 0) is 4.79 Å². The van der Waals surface area contributed by atoms with E-state index in [-0.39, 0.29) is 11.0 Å². The van der Waals surface area contributed by atoms with E-state index in [0.717, 1.165) is 27.0 Å². The van der Waals surface area contributed by atoms with Crippen LogP contribution in [0.25, 0.3) is 17.3 Å². The molecule has 28 heavy (non-hydrogen) atoms. The van der Waals surface area contributed by atoms with Gasteiger partial charge in [0, 0.05) is 17.0 Å². The van der Waals surface area contributed by atoms with Crippen LogP contribution in [0.3, 0.4) is 0 Å². The number of aromatic nitrogens is 1. The number of carbonyl (C=O) groups is 1. The lowest BCUT2D eigenvalue weighted by Crippen LogP contribution is -2.32. The monoisotopic (exact) mass is 473 g/mol. The number of ether oxygens (including phenoxy) is 1. The van der Waals surface area contributed by atoms with Gasteiger partial charge in [-0.3, -0.25) is 10.1 Å². The first-order valence-corrected chi connectivity index (χ1v) is 10.3. The summed E-state index contributed by atoms with van der Waals surface area (Å²) in [5.74, 6) is 0.446. The van der Waals surface area contributed by atoms with Crippen molar-refractivity contribution in [2.45, 2.75) is 0 Å². The molecular weight excluding hydrogens is 458 g/mol. The highest BCUT2D eigenvalue weighted by atomic mass is 79.9. The van der Waals surface area contributed by atoms with Crippen molar-refractivity contribution in [3.05, 3.63) is 70.0 Å². The van der Waals surface area contributed by atoms with Gasteiger partial charge in [-0.15, -0.1) is 11.3 Å². The number of amides is 1. The van der Waals surface area contributed by atoms with Gasteiger partial charge < -0.3 is 10.1 Å². The van der Waals surface area contributed by atoms with Crippen molar-refractivity contribution in [3.8, 4) is 17.0 Å². The second-order valence-corrected chi connectivity index (χ2v) is 7.70. The molecule has 2 aromatic carbocycles. The molecule has 0 saturated carbocycles. The van der Waals surface area contributed by atoms with Crippen molar-refractivity contribution >= 4 is 61.7 Å². The highest BCUT2D eigenvalue weighted by Crippen LogP contribution is 2.31. The number of thiazole rings is 1. The number of anilines is 1. The van der Waals surface area contributed by atoms with E-state index in [1.807, 2.05) is 53.9 Å². The van der Waals surface area contributed by atoms with Crippen molar-refractivity contribution in [3.63, 3.8) is 0 Å². The fourth-order valence-electron chi connectivity index (χ4n) is 2.31. The third-order valence-corrected chi connectivity index (χ3v) is 5.22. The Hall–Kier alpha value is -2.55. The molecule has 2 N–H and O–H groups in total. The standard InChI is InChI=1S/C20H16BrN3O2S2/c1-26-17-9-8-14(11-15(17)21)16-12-28-20(22-16)24-19(27)23-18(25)10-7-13-5-3-2-4-6-13/h2-12H,1H3,(H2,22,23,24,25,27). The SMILES string of the molecule is COc1ccc(-c2csc(NC(=S)NC(=O)C=Cc3ccccc3)n2)cc1Br. The summed E-state index contributed by atoms with van der Waals surface area (Å²) in [4.78, 5) is 16.5. The second-order valence-electron chi connectivity index (χ2n) is 5.57. The molecule has 3 aromatic rings. The molecule has 0 bridgehead atoms. The Morgan fingerprint density at radius 2 is 2.04 bits per heavy atom. The zero-order chi connectivity index (χ0) is 19.9. The number of benzene rings is 2. The van der Waals surface area contributed by atoms with Gasteiger partial charge in [0.2, 0.25) is 5.91 Å². The van der Waals surface area contributed by atoms with Crippen LogP contribution in [0.4, 0.5) is 5.13 Å². The second kappa shape index (κ2) is 9.59. The number of methoxy groups -OCH3 is 1. The molecule has 142 valence electrons. The van der Waals surface area contributed by atoms with Gasteiger partial charge in [-0.05, 0) is 58.0 Å². The van der Waals surface area contributed by atoms with E-state index < -0.39 is 0 Å². The Balaban J connectivity index is 1.58. The van der Waals surface area contributed by atoms with E-state index >= 15 is 0 Å². The highest BCUT2D eigenvalue weighted by molar-refractivity contribution is 9.10. The van der Waals surface area contributed by atoms with Crippen molar-refractivity contribution in [2.24, 2.45) is 0 Å². The third-order valence-electron chi connectivity index (χ3n) is 3.64. The summed E-state index contributed by atoms with van der Waals surface area (Å²) >= 11 is 10.1. The summed E-state index contributed by atoms with van der Waals surface area (Å²) in [5.41, 5.74) is 2.68. The molecule has 0 fully saturated rings. The zero-order valence-corrected chi connectivity index (χ0v) is 18.0. The smallest absolute Gasteiger partial charge is 0.250 e. The lowest BCUT2D eigenvalue weighted by atomic mass is 10.2. The van der Waals surface area contributed by atoms with Gasteiger partial charge in [-0.25, -0.2) is 4.98 Å². The number of hydrogen-bond acceptors (Lipinski definition) is 5. The van der Waals surface area contributed by atoms with Crippen LogP contribution in [0.5, 0.6) is 5.75 Å². The lowest BCUT2D eigenvalue weighted by molar-refractivity contribution is -0.115. The Morgan fingerprint density at radius 1 is 1.25 bits per heavy atom. The Kier molecular flexibility index (Phi) is 6.91. The maximum atomic E-state index is 12.0. The van der Waals surface area contributed by atoms with Crippen LogP contribution in [0, 0.1) is 0 Å². The van der Waals surface area contributed by atoms with E-state index in [9.17, 15) is 4.79 Å². The number of hydrogen-bond donors (Lipinski definition) is 2. The zero-order valence-electron chi connectivity index (χ0n) is 14.8. The summed E-state index contributed by atoms with van der Waals surface area (Å²) in [7, 11) is 1.62. The van der Waals surface area contributed by atoms with E-state index in [2.05, 4.69) is 31.5 Å². The third kappa shape index (κ3) is 5.48. The van der Waals surface area contributed by atoms with Crippen LogP contribution < -0.4 is 15.4 Å². The Labute approximate surface area is 180 Å². The molecule has 1 amide bonds. The summed E-state index contributed by atoms with van der Waals surface area (Å²) in [6.07, 6.45) is 3.16. The predicted octanol–water partition coefficient (Wildman–Crippen LogP) is 5.11. The van der Waals surface area contributed by atoms with Gasteiger partial charge in [-0.2, -0.15) is 0 Å². The highest BCUT2D eigenvalue weighted by Gasteiger charge is 2.09. The van der Waals surface area contributed by atoms with Gasteiger partial charge in [0.1, 0.15) is 5.75 Å². The van der Waals surface area contributed by atoms with Gasteiger partial charge in [0.05, 0.1) is 17.3 Å². The minimum atomic E-state index is -0.308. The molecule has 1 heterocycles. The molecule has 1 aromatic heterocycles. The summed E-state index contributed by atoms with van der Waals surface area (Å²) in [6.45, 7) is 0. The van der Waals surface area contributed by atoms with E-state index in [0.29, 0.717) is 5.13 Å². The van der Waals surface area contributed by atoms with Crippen molar-refractivity contribution in [1.82, 2.24) is 10.3 Å². The van der Waals surface area contributed by atoms with Gasteiger partial charge >= 0.3 is 0 Å².